The summed E-state index contributed by atoms with van der Waals surface area (Å²) >= 11 is 0. The van der Waals surface area contributed by atoms with Crippen LogP contribution in [0.15, 0.2) is 24.8 Å². The maximum Gasteiger partial charge on any atom is 0.239 e. The highest BCUT2D eigenvalue weighted by Crippen LogP contribution is 2.58. The molecule has 2 aliphatic heterocycles. The molecule has 0 radical (unpaired) electrons. The smallest absolute Gasteiger partial charge is 0.239 e. The van der Waals surface area contributed by atoms with Crippen LogP contribution in [-0.2, 0) is 10.2 Å². The molecule has 3 aromatic rings. The Labute approximate surface area is 182 Å². The van der Waals surface area contributed by atoms with Gasteiger partial charge in [-0.2, -0.15) is 10.1 Å². The number of anilines is 3. The number of hydrogen-bond acceptors (Lipinski definition) is 6. The second kappa shape index (κ2) is 6.35. The van der Waals surface area contributed by atoms with E-state index < -0.39 is 8.07 Å². The normalized spacial score (nSPS) is 21.6. The molecule has 1 saturated heterocycles. The van der Waals surface area contributed by atoms with E-state index in [9.17, 15) is 4.79 Å². The van der Waals surface area contributed by atoms with Gasteiger partial charge in [0.15, 0.2) is 5.65 Å². The quantitative estimate of drug-likeness (QED) is 0.632. The zero-order valence-corrected chi connectivity index (χ0v) is 19.2. The number of fused-ring (bicyclic) bond motifs is 3. The molecule has 0 bridgehead atoms. The molecule has 8 nitrogen and oxygen atoms in total. The van der Waals surface area contributed by atoms with Crippen molar-refractivity contribution < 1.29 is 4.79 Å². The first kappa shape index (κ1) is 18.9. The monoisotopic (exact) mass is 433 g/mol. The molecule has 2 fully saturated rings. The van der Waals surface area contributed by atoms with Gasteiger partial charge in [0.1, 0.15) is 12.1 Å². The van der Waals surface area contributed by atoms with Crippen LogP contribution in [-0.4, -0.2) is 44.6 Å². The Morgan fingerprint density at radius 1 is 1.19 bits per heavy atom. The predicted molar refractivity (Wildman–Crippen MR) is 122 cm³/mol. The van der Waals surface area contributed by atoms with E-state index in [1.54, 1.807) is 4.52 Å². The summed E-state index contributed by atoms with van der Waals surface area (Å²) in [6.45, 7) is 6.95. The van der Waals surface area contributed by atoms with E-state index in [-0.39, 0.29) is 17.4 Å². The third kappa shape index (κ3) is 2.89. The van der Waals surface area contributed by atoms with Gasteiger partial charge < -0.3 is 5.32 Å². The van der Waals surface area contributed by atoms with Crippen LogP contribution in [0.4, 0.5) is 17.5 Å². The van der Waals surface area contributed by atoms with Crippen molar-refractivity contribution in [3.8, 4) is 0 Å². The summed E-state index contributed by atoms with van der Waals surface area (Å²) in [7, 11) is -1.10. The van der Waals surface area contributed by atoms with Gasteiger partial charge >= 0.3 is 0 Å². The third-order valence-electron chi connectivity index (χ3n) is 7.43. The molecule has 1 N–H and O–H groups in total. The number of pyridine rings is 1. The Kier molecular flexibility index (Phi) is 3.87. The van der Waals surface area contributed by atoms with Crippen molar-refractivity contribution in [1.29, 1.82) is 0 Å². The Bertz CT molecular complexity index is 1210. The van der Waals surface area contributed by atoms with Crippen LogP contribution in [0.2, 0.25) is 25.2 Å². The minimum atomic E-state index is -1.10. The molecule has 0 atom stereocenters. The predicted octanol–water partition coefficient (Wildman–Crippen LogP) is 3.82. The summed E-state index contributed by atoms with van der Waals surface area (Å²) in [5.74, 6) is 1.59. The summed E-state index contributed by atoms with van der Waals surface area (Å²) in [6, 6.07) is 4.79. The topological polar surface area (TPSA) is 88.3 Å². The number of amides is 1. The summed E-state index contributed by atoms with van der Waals surface area (Å²) in [5.41, 5.74) is 3.38. The van der Waals surface area contributed by atoms with Crippen molar-refractivity contribution >= 4 is 37.1 Å². The van der Waals surface area contributed by atoms with Gasteiger partial charge in [0, 0.05) is 25.9 Å². The van der Waals surface area contributed by atoms with E-state index in [4.69, 9.17) is 4.98 Å². The maximum atomic E-state index is 13.5. The van der Waals surface area contributed by atoms with Gasteiger partial charge in [0.05, 0.1) is 17.3 Å². The molecule has 9 heteroatoms. The first-order chi connectivity index (χ1) is 14.9. The zero-order chi connectivity index (χ0) is 21.4. The van der Waals surface area contributed by atoms with Gasteiger partial charge in [0.25, 0.3) is 0 Å². The van der Waals surface area contributed by atoms with Crippen LogP contribution in [0, 0.1) is 6.92 Å². The van der Waals surface area contributed by atoms with Crippen molar-refractivity contribution in [2.45, 2.75) is 69.2 Å². The molecule has 1 aliphatic carbocycles. The van der Waals surface area contributed by atoms with Crippen LogP contribution in [0.1, 0.15) is 36.8 Å². The van der Waals surface area contributed by atoms with Crippen molar-refractivity contribution in [2.24, 2.45) is 0 Å². The van der Waals surface area contributed by atoms with Gasteiger partial charge in [-0.15, -0.1) is 0 Å². The van der Waals surface area contributed by atoms with E-state index in [1.807, 2.05) is 30.3 Å². The second-order valence-corrected chi connectivity index (χ2v) is 15.5. The van der Waals surface area contributed by atoms with E-state index in [2.05, 4.69) is 33.5 Å². The van der Waals surface area contributed by atoms with Gasteiger partial charge in [-0.1, -0.05) is 25.2 Å². The lowest BCUT2D eigenvalue weighted by Crippen LogP contribution is -2.46. The molecule has 3 aliphatic rings. The Balaban J connectivity index is 1.35. The highest BCUT2D eigenvalue weighted by Gasteiger charge is 2.61. The lowest BCUT2D eigenvalue weighted by molar-refractivity contribution is -0.120. The lowest BCUT2D eigenvalue weighted by atomic mass is 10.0. The highest BCUT2D eigenvalue weighted by atomic mass is 28.3. The molecule has 1 amide bonds. The van der Waals surface area contributed by atoms with Crippen LogP contribution < -0.4 is 10.2 Å². The standard InChI is InChI=1S/C22H27N7OSi/c1-14-10-18-24-13-25-28(18)12-17(14)26-21-23-11-16-19(27-21)29(20(30)22(16)6-7-22)15-4-8-31(2,3)9-5-15/h10-13,15H,4-9H2,1-3H3,(H,23,26,27). The fraction of sp³-hybridized carbons (Fsp3) is 0.500. The number of nitrogens with one attached hydrogen (secondary N) is 1. The minimum Gasteiger partial charge on any atom is -0.323 e. The molecule has 31 heavy (non-hydrogen) atoms. The number of carbonyl (C=O) groups excluding carboxylic acids is 1. The van der Waals surface area contributed by atoms with Crippen LogP contribution in [0.5, 0.6) is 0 Å². The average Bonchev–Trinajstić information content (AvgIpc) is 3.36. The summed E-state index contributed by atoms with van der Waals surface area (Å²) in [5, 5.41) is 7.56. The van der Waals surface area contributed by atoms with Gasteiger partial charge in [-0.05, 0) is 44.2 Å². The SMILES string of the molecule is Cc1cc2ncnn2cc1Nc1ncc2c(n1)N(C1CC[Si](C)(C)CC1)C(=O)C21CC1. The summed E-state index contributed by atoms with van der Waals surface area (Å²) < 4.78 is 1.73. The van der Waals surface area contributed by atoms with Crippen LogP contribution in [0.25, 0.3) is 5.65 Å². The number of carbonyl (C=O) groups is 1. The van der Waals surface area contributed by atoms with Crippen LogP contribution >= 0.6 is 0 Å². The molecular weight excluding hydrogens is 406 g/mol. The summed E-state index contributed by atoms with van der Waals surface area (Å²) in [4.78, 5) is 29.2. The Morgan fingerprint density at radius 2 is 1.97 bits per heavy atom. The first-order valence-electron chi connectivity index (χ1n) is 11.1. The maximum absolute atomic E-state index is 13.5. The first-order valence-corrected chi connectivity index (χ1v) is 14.6. The Hall–Kier alpha value is -2.81. The third-order valence-corrected chi connectivity index (χ3v) is 10.7. The molecule has 0 aromatic carbocycles. The van der Waals surface area contributed by atoms with Crippen molar-refractivity contribution in [2.75, 3.05) is 10.2 Å². The average molecular weight is 434 g/mol. The van der Waals surface area contributed by atoms with Crippen LogP contribution in [0.3, 0.4) is 0 Å². The van der Waals surface area contributed by atoms with Crippen molar-refractivity contribution in [1.82, 2.24) is 24.6 Å². The molecule has 3 aromatic heterocycles. The number of rotatable bonds is 3. The van der Waals surface area contributed by atoms with Crippen molar-refractivity contribution in [3.63, 3.8) is 0 Å². The van der Waals surface area contributed by atoms with Gasteiger partial charge in [-0.25, -0.2) is 14.5 Å². The van der Waals surface area contributed by atoms with E-state index in [0.717, 1.165) is 54.0 Å². The lowest BCUT2D eigenvalue weighted by Gasteiger charge is -2.37. The van der Waals surface area contributed by atoms with Gasteiger partial charge in [-0.3, -0.25) is 9.69 Å². The molecule has 1 saturated carbocycles. The van der Waals surface area contributed by atoms with Crippen molar-refractivity contribution in [3.05, 3.63) is 35.9 Å². The number of hydrogen-bond donors (Lipinski definition) is 1. The molecule has 1 spiro atoms. The number of aromatic nitrogens is 5. The number of nitrogens with zero attached hydrogens (tertiary/aromatic N) is 6. The molecular formula is C22H27N7OSi. The second-order valence-electron chi connectivity index (χ2n) is 10.1. The van der Waals surface area contributed by atoms with E-state index >= 15 is 0 Å². The van der Waals surface area contributed by atoms with E-state index in [1.165, 1.54) is 18.4 Å². The molecule has 160 valence electrons. The fourth-order valence-electron chi connectivity index (χ4n) is 5.19. The highest BCUT2D eigenvalue weighted by molar-refractivity contribution is 6.77. The number of aryl methyl sites for hydroxylation is 1. The summed E-state index contributed by atoms with van der Waals surface area (Å²) in [6.07, 6.45) is 9.33. The molecule has 6 rings (SSSR count). The Morgan fingerprint density at radius 3 is 2.71 bits per heavy atom. The fourth-order valence-corrected chi connectivity index (χ4v) is 7.67. The molecule has 5 heterocycles. The van der Waals surface area contributed by atoms with Gasteiger partial charge in [0.2, 0.25) is 11.9 Å². The largest absolute Gasteiger partial charge is 0.323 e. The minimum absolute atomic E-state index is 0.250. The van der Waals surface area contributed by atoms with E-state index in [0.29, 0.717) is 5.95 Å². The molecule has 0 unspecified atom stereocenters. The zero-order valence-electron chi connectivity index (χ0n) is 18.2.